The lowest BCUT2D eigenvalue weighted by Gasteiger charge is -2.05. The normalized spacial score (nSPS) is 10.4. The van der Waals surface area contributed by atoms with Crippen molar-refractivity contribution in [3.8, 4) is 22.6 Å². The number of nitrogens with zero attached hydrogens (tertiary/aromatic N) is 2. The third kappa shape index (κ3) is 2.49. The molecule has 20 heavy (non-hydrogen) atoms. The molecule has 1 N–H and O–H groups in total. The minimum Gasteiger partial charge on any atom is -0.306 e. The largest absolute Gasteiger partial charge is 0.306 e. The van der Waals surface area contributed by atoms with Crippen LogP contribution in [-0.4, -0.2) is 15.0 Å². The summed E-state index contributed by atoms with van der Waals surface area (Å²) in [5.41, 5.74) is 3.44. The molecule has 1 aromatic carbocycles. The second-order valence-corrected chi connectivity index (χ2v) is 4.58. The van der Waals surface area contributed by atoms with E-state index in [0.717, 1.165) is 11.1 Å². The lowest BCUT2D eigenvalue weighted by molar-refractivity contribution is 1.13. The van der Waals surface area contributed by atoms with Crippen molar-refractivity contribution in [2.75, 3.05) is 0 Å². The Hall–Kier alpha value is -2.75. The van der Waals surface area contributed by atoms with Gasteiger partial charge < -0.3 is 4.98 Å². The summed E-state index contributed by atoms with van der Waals surface area (Å²) in [5.74, 6) is 0.551. The van der Waals surface area contributed by atoms with Crippen LogP contribution in [0.4, 0.5) is 0 Å². The first-order valence-electron chi connectivity index (χ1n) is 6.31. The lowest BCUT2D eigenvalue weighted by Crippen LogP contribution is -2.08. The lowest BCUT2D eigenvalue weighted by atomic mass is 10.1. The fourth-order valence-electron chi connectivity index (χ4n) is 1.98. The molecule has 0 radical (unpaired) electrons. The van der Waals surface area contributed by atoms with E-state index < -0.39 is 0 Å². The van der Waals surface area contributed by atoms with Crippen molar-refractivity contribution >= 4 is 0 Å². The van der Waals surface area contributed by atoms with E-state index in [2.05, 4.69) is 15.0 Å². The molecule has 3 rings (SSSR count). The number of nitrogens with one attached hydrogen (secondary N) is 1. The van der Waals surface area contributed by atoms with Crippen molar-refractivity contribution in [2.24, 2.45) is 0 Å². The van der Waals surface area contributed by atoms with Crippen LogP contribution in [0, 0.1) is 6.92 Å². The van der Waals surface area contributed by atoms with Crippen molar-refractivity contribution in [1.82, 2.24) is 15.0 Å². The number of aryl methyl sites for hydroxylation is 1. The van der Waals surface area contributed by atoms with Crippen molar-refractivity contribution in [2.45, 2.75) is 6.92 Å². The summed E-state index contributed by atoms with van der Waals surface area (Å²) in [6, 6.07) is 13.1. The summed E-state index contributed by atoms with van der Waals surface area (Å²) >= 11 is 0. The van der Waals surface area contributed by atoms with Crippen LogP contribution in [0.2, 0.25) is 0 Å². The maximum atomic E-state index is 11.8. The molecule has 0 aliphatic carbocycles. The summed E-state index contributed by atoms with van der Waals surface area (Å²) in [5, 5.41) is 0. The first-order valence-corrected chi connectivity index (χ1v) is 6.31. The van der Waals surface area contributed by atoms with E-state index in [0.29, 0.717) is 11.5 Å². The molecule has 0 aliphatic heterocycles. The van der Waals surface area contributed by atoms with E-state index in [9.17, 15) is 4.79 Å². The molecule has 2 heterocycles. The van der Waals surface area contributed by atoms with Gasteiger partial charge in [-0.25, -0.2) is 4.98 Å². The average molecular weight is 263 g/mol. The first-order chi connectivity index (χ1) is 9.72. The van der Waals surface area contributed by atoms with Crippen LogP contribution in [0.1, 0.15) is 5.56 Å². The Morgan fingerprint density at radius 1 is 0.950 bits per heavy atom. The molecule has 0 unspecified atom stereocenters. The van der Waals surface area contributed by atoms with E-state index in [1.54, 1.807) is 12.4 Å². The number of rotatable bonds is 2. The standard InChI is InChI=1S/C16H13N3O/c1-11-2-4-12(5-3-11)14-10-15(20)19-16(18-14)13-6-8-17-9-7-13/h2-10H,1H3,(H,18,19,20). The Morgan fingerprint density at radius 3 is 2.35 bits per heavy atom. The molecule has 0 saturated heterocycles. The Labute approximate surface area is 116 Å². The van der Waals surface area contributed by atoms with Gasteiger partial charge >= 0.3 is 0 Å². The van der Waals surface area contributed by atoms with Crippen molar-refractivity contribution in [3.05, 3.63) is 70.8 Å². The first kappa shape index (κ1) is 12.3. The number of hydrogen-bond acceptors (Lipinski definition) is 3. The summed E-state index contributed by atoms with van der Waals surface area (Å²) in [6.07, 6.45) is 3.35. The third-order valence-electron chi connectivity index (χ3n) is 3.04. The monoisotopic (exact) mass is 263 g/mol. The van der Waals surface area contributed by atoms with Gasteiger partial charge in [-0.1, -0.05) is 29.8 Å². The molecule has 3 aromatic rings. The molecule has 2 aromatic heterocycles. The van der Waals surface area contributed by atoms with Crippen molar-refractivity contribution in [3.63, 3.8) is 0 Å². The van der Waals surface area contributed by atoms with Crippen LogP contribution in [0.3, 0.4) is 0 Å². The summed E-state index contributed by atoms with van der Waals surface area (Å²) < 4.78 is 0. The van der Waals surface area contributed by atoms with Crippen LogP contribution < -0.4 is 5.56 Å². The molecule has 0 saturated carbocycles. The SMILES string of the molecule is Cc1ccc(-c2cc(=O)[nH]c(-c3ccncc3)n2)cc1. The molecule has 0 atom stereocenters. The predicted octanol–water partition coefficient (Wildman–Crippen LogP) is 2.81. The Bertz CT molecular complexity index is 777. The van der Waals surface area contributed by atoms with Crippen LogP contribution >= 0.6 is 0 Å². The van der Waals surface area contributed by atoms with Gasteiger partial charge in [0.1, 0.15) is 5.82 Å². The van der Waals surface area contributed by atoms with Gasteiger partial charge in [0.05, 0.1) is 5.69 Å². The number of pyridine rings is 1. The average Bonchev–Trinajstić information content (AvgIpc) is 2.48. The molecular formula is C16H13N3O. The van der Waals surface area contributed by atoms with E-state index in [4.69, 9.17) is 0 Å². The zero-order valence-electron chi connectivity index (χ0n) is 11.0. The van der Waals surface area contributed by atoms with Crippen LogP contribution in [0.5, 0.6) is 0 Å². The van der Waals surface area contributed by atoms with Crippen LogP contribution in [0.15, 0.2) is 59.7 Å². The van der Waals surface area contributed by atoms with Crippen LogP contribution in [0.25, 0.3) is 22.6 Å². The third-order valence-corrected chi connectivity index (χ3v) is 3.04. The molecule has 0 spiro atoms. The van der Waals surface area contributed by atoms with E-state index in [-0.39, 0.29) is 5.56 Å². The van der Waals surface area contributed by atoms with E-state index in [1.807, 2.05) is 43.3 Å². The summed E-state index contributed by atoms with van der Waals surface area (Å²) in [7, 11) is 0. The van der Waals surface area contributed by atoms with E-state index >= 15 is 0 Å². The topological polar surface area (TPSA) is 58.6 Å². The van der Waals surface area contributed by atoms with Gasteiger partial charge in [0, 0.05) is 29.6 Å². The molecule has 0 fully saturated rings. The zero-order valence-corrected chi connectivity index (χ0v) is 11.0. The highest BCUT2D eigenvalue weighted by atomic mass is 16.1. The van der Waals surface area contributed by atoms with Gasteiger partial charge in [-0.05, 0) is 19.1 Å². The molecule has 98 valence electrons. The smallest absolute Gasteiger partial charge is 0.251 e. The molecule has 4 nitrogen and oxygen atoms in total. The highest BCUT2D eigenvalue weighted by Gasteiger charge is 2.05. The van der Waals surface area contributed by atoms with Gasteiger partial charge in [-0.3, -0.25) is 9.78 Å². The highest BCUT2D eigenvalue weighted by molar-refractivity contribution is 5.63. The van der Waals surface area contributed by atoms with Crippen LogP contribution in [-0.2, 0) is 0 Å². The zero-order chi connectivity index (χ0) is 13.9. The Balaban J connectivity index is 2.12. The number of H-pyrrole nitrogens is 1. The fourth-order valence-corrected chi connectivity index (χ4v) is 1.98. The van der Waals surface area contributed by atoms with Gasteiger partial charge in [0.25, 0.3) is 5.56 Å². The van der Waals surface area contributed by atoms with Gasteiger partial charge in [0.2, 0.25) is 0 Å². The molecule has 4 heteroatoms. The number of benzene rings is 1. The van der Waals surface area contributed by atoms with Gasteiger partial charge in [-0.15, -0.1) is 0 Å². The summed E-state index contributed by atoms with van der Waals surface area (Å²) in [4.78, 5) is 23.0. The fraction of sp³-hybridized carbons (Fsp3) is 0.0625. The van der Waals surface area contributed by atoms with Gasteiger partial charge in [-0.2, -0.15) is 0 Å². The number of hydrogen-bond donors (Lipinski definition) is 1. The minimum atomic E-state index is -0.164. The molecule has 0 bridgehead atoms. The Morgan fingerprint density at radius 2 is 1.65 bits per heavy atom. The summed E-state index contributed by atoms with van der Waals surface area (Å²) in [6.45, 7) is 2.03. The second kappa shape index (κ2) is 5.09. The predicted molar refractivity (Wildman–Crippen MR) is 78.3 cm³/mol. The van der Waals surface area contributed by atoms with Crippen molar-refractivity contribution < 1.29 is 0 Å². The Kier molecular flexibility index (Phi) is 3.13. The van der Waals surface area contributed by atoms with E-state index in [1.165, 1.54) is 11.6 Å². The molecule has 0 aliphatic rings. The van der Waals surface area contributed by atoms with Crippen molar-refractivity contribution in [1.29, 1.82) is 0 Å². The maximum Gasteiger partial charge on any atom is 0.251 e. The second-order valence-electron chi connectivity index (χ2n) is 4.58. The quantitative estimate of drug-likeness (QED) is 0.773. The highest BCUT2D eigenvalue weighted by Crippen LogP contribution is 2.19. The molecular weight excluding hydrogens is 250 g/mol. The van der Waals surface area contributed by atoms with Gasteiger partial charge in [0.15, 0.2) is 0 Å². The maximum absolute atomic E-state index is 11.8. The number of aromatic nitrogens is 3. The number of aromatic amines is 1. The molecule has 0 amide bonds. The minimum absolute atomic E-state index is 0.164.